The predicted octanol–water partition coefficient (Wildman–Crippen LogP) is 0.773. The van der Waals surface area contributed by atoms with Crippen LogP contribution in [0.3, 0.4) is 0 Å². The molecule has 0 aromatic heterocycles. The highest BCUT2D eigenvalue weighted by atomic mass is 16.5. The number of benzene rings is 1. The quantitative estimate of drug-likeness (QED) is 0.588. The van der Waals surface area contributed by atoms with E-state index in [-0.39, 0.29) is 6.61 Å². The minimum Gasteiger partial charge on any atom is -0.394 e. The van der Waals surface area contributed by atoms with Crippen molar-refractivity contribution in [2.24, 2.45) is 0 Å². The van der Waals surface area contributed by atoms with Crippen LogP contribution in [-0.4, -0.2) is 58.9 Å². The monoisotopic (exact) mass is 283 g/mol. The molecule has 0 aliphatic rings. The first kappa shape index (κ1) is 17.1. The van der Waals surface area contributed by atoms with Crippen LogP contribution in [0.15, 0.2) is 30.3 Å². The summed E-state index contributed by atoms with van der Waals surface area (Å²) >= 11 is 0. The Hall–Kier alpha value is -0.980. The summed E-state index contributed by atoms with van der Waals surface area (Å²) in [5.41, 5.74) is 0.429. The number of methoxy groups -OCH3 is 1. The summed E-state index contributed by atoms with van der Waals surface area (Å²) in [4.78, 5) is 0. The molecule has 1 rings (SSSR count). The SMILES string of the molecule is CNC(CO)(COCCOCCOC)c1ccccc1. The Balaban J connectivity index is 2.40. The molecular formula is C15H25NO4. The molecule has 0 spiro atoms. The zero-order chi connectivity index (χ0) is 14.7. The van der Waals surface area contributed by atoms with E-state index in [0.29, 0.717) is 33.0 Å². The summed E-state index contributed by atoms with van der Waals surface area (Å²) in [6.07, 6.45) is 0. The number of aliphatic hydroxyl groups excluding tert-OH is 1. The van der Waals surface area contributed by atoms with Gasteiger partial charge in [0.15, 0.2) is 0 Å². The number of ether oxygens (including phenoxy) is 3. The van der Waals surface area contributed by atoms with Gasteiger partial charge in [-0.3, -0.25) is 0 Å². The minimum absolute atomic E-state index is 0.0297. The Kier molecular flexibility index (Phi) is 8.41. The Morgan fingerprint density at radius 1 is 1.05 bits per heavy atom. The third-order valence-electron chi connectivity index (χ3n) is 3.23. The summed E-state index contributed by atoms with van der Waals surface area (Å²) in [6.45, 7) is 2.51. The smallest absolute Gasteiger partial charge is 0.0903 e. The molecule has 20 heavy (non-hydrogen) atoms. The van der Waals surface area contributed by atoms with Gasteiger partial charge in [-0.05, 0) is 12.6 Å². The van der Waals surface area contributed by atoms with Crippen LogP contribution in [0, 0.1) is 0 Å². The molecule has 0 aliphatic heterocycles. The molecule has 0 saturated heterocycles. The van der Waals surface area contributed by atoms with Crippen molar-refractivity contribution in [2.45, 2.75) is 5.54 Å². The maximum atomic E-state index is 9.71. The maximum absolute atomic E-state index is 9.71. The molecule has 2 N–H and O–H groups in total. The van der Waals surface area contributed by atoms with E-state index in [1.54, 1.807) is 7.11 Å². The Bertz CT molecular complexity index is 341. The van der Waals surface area contributed by atoms with Crippen LogP contribution < -0.4 is 5.32 Å². The standard InChI is InChI=1S/C15H25NO4/c1-16-15(12-17,14-6-4-3-5-7-14)13-20-11-10-19-9-8-18-2/h3-7,16-17H,8-13H2,1-2H3. The topological polar surface area (TPSA) is 60.0 Å². The second-order valence-electron chi connectivity index (χ2n) is 4.51. The third-order valence-corrected chi connectivity index (χ3v) is 3.23. The van der Waals surface area contributed by atoms with E-state index in [4.69, 9.17) is 14.2 Å². The number of hydrogen-bond acceptors (Lipinski definition) is 5. The van der Waals surface area contributed by atoms with Gasteiger partial charge in [-0.2, -0.15) is 0 Å². The van der Waals surface area contributed by atoms with Crippen molar-refractivity contribution in [1.82, 2.24) is 5.32 Å². The summed E-state index contributed by atoms with van der Waals surface area (Å²) in [7, 11) is 3.46. The molecule has 0 radical (unpaired) electrons. The number of rotatable bonds is 11. The van der Waals surface area contributed by atoms with E-state index in [9.17, 15) is 5.11 Å². The number of aliphatic hydroxyl groups is 1. The molecule has 0 bridgehead atoms. The van der Waals surface area contributed by atoms with E-state index in [2.05, 4.69) is 5.32 Å². The van der Waals surface area contributed by atoms with Crippen molar-refractivity contribution >= 4 is 0 Å². The fourth-order valence-corrected chi connectivity index (χ4v) is 1.88. The lowest BCUT2D eigenvalue weighted by Gasteiger charge is -2.32. The largest absolute Gasteiger partial charge is 0.394 e. The summed E-state index contributed by atoms with van der Waals surface area (Å²) < 4.78 is 15.8. The predicted molar refractivity (Wildman–Crippen MR) is 77.8 cm³/mol. The minimum atomic E-state index is -0.576. The first-order chi connectivity index (χ1) is 9.79. The second kappa shape index (κ2) is 9.85. The van der Waals surface area contributed by atoms with Gasteiger partial charge in [-0.15, -0.1) is 0 Å². The normalized spacial score (nSPS) is 14.2. The molecule has 114 valence electrons. The lowest BCUT2D eigenvalue weighted by Crippen LogP contribution is -2.47. The van der Waals surface area contributed by atoms with Crippen LogP contribution in [0.4, 0.5) is 0 Å². The highest BCUT2D eigenvalue weighted by Crippen LogP contribution is 2.20. The molecule has 0 amide bonds. The molecule has 5 heteroatoms. The van der Waals surface area contributed by atoms with Crippen molar-refractivity contribution in [3.63, 3.8) is 0 Å². The molecule has 1 atom stereocenters. The molecule has 0 saturated carbocycles. The van der Waals surface area contributed by atoms with E-state index < -0.39 is 5.54 Å². The molecule has 1 aromatic carbocycles. The average Bonchev–Trinajstić information content (AvgIpc) is 2.52. The number of nitrogens with one attached hydrogen (secondary N) is 1. The molecule has 5 nitrogen and oxygen atoms in total. The molecule has 0 fully saturated rings. The van der Waals surface area contributed by atoms with Gasteiger partial charge in [-0.25, -0.2) is 0 Å². The number of hydrogen-bond donors (Lipinski definition) is 2. The van der Waals surface area contributed by atoms with Gasteiger partial charge in [0.05, 0.1) is 45.2 Å². The van der Waals surface area contributed by atoms with E-state index in [1.807, 2.05) is 37.4 Å². The van der Waals surface area contributed by atoms with Crippen molar-refractivity contribution in [2.75, 3.05) is 53.8 Å². The fraction of sp³-hybridized carbons (Fsp3) is 0.600. The van der Waals surface area contributed by atoms with Crippen molar-refractivity contribution in [3.8, 4) is 0 Å². The van der Waals surface area contributed by atoms with Crippen LogP contribution in [0.25, 0.3) is 0 Å². The van der Waals surface area contributed by atoms with Crippen molar-refractivity contribution in [1.29, 1.82) is 0 Å². The molecule has 1 aromatic rings. The molecule has 0 aliphatic carbocycles. The highest BCUT2D eigenvalue weighted by Gasteiger charge is 2.29. The van der Waals surface area contributed by atoms with Gasteiger partial charge >= 0.3 is 0 Å². The van der Waals surface area contributed by atoms with Crippen molar-refractivity contribution in [3.05, 3.63) is 35.9 Å². The maximum Gasteiger partial charge on any atom is 0.0903 e. The Labute approximate surface area is 120 Å². The Morgan fingerprint density at radius 3 is 2.30 bits per heavy atom. The summed E-state index contributed by atoms with van der Waals surface area (Å²) in [5, 5.41) is 12.9. The van der Waals surface area contributed by atoms with E-state index >= 15 is 0 Å². The van der Waals surface area contributed by atoms with Crippen LogP contribution in [-0.2, 0) is 19.7 Å². The molecule has 0 heterocycles. The van der Waals surface area contributed by atoms with Gasteiger partial charge in [0.2, 0.25) is 0 Å². The van der Waals surface area contributed by atoms with Gasteiger partial charge in [0.1, 0.15) is 0 Å². The summed E-state index contributed by atoms with van der Waals surface area (Å²) in [6, 6.07) is 9.80. The lowest BCUT2D eigenvalue weighted by molar-refractivity contribution is -0.00543. The van der Waals surface area contributed by atoms with Crippen LogP contribution in [0.5, 0.6) is 0 Å². The van der Waals surface area contributed by atoms with Gasteiger partial charge in [0, 0.05) is 7.11 Å². The van der Waals surface area contributed by atoms with Crippen LogP contribution in [0.1, 0.15) is 5.56 Å². The van der Waals surface area contributed by atoms with Gasteiger partial charge < -0.3 is 24.6 Å². The molecular weight excluding hydrogens is 258 g/mol. The van der Waals surface area contributed by atoms with Gasteiger partial charge in [-0.1, -0.05) is 30.3 Å². The van der Waals surface area contributed by atoms with Crippen LogP contribution >= 0.6 is 0 Å². The first-order valence-electron chi connectivity index (χ1n) is 6.79. The van der Waals surface area contributed by atoms with Gasteiger partial charge in [0.25, 0.3) is 0 Å². The zero-order valence-corrected chi connectivity index (χ0v) is 12.3. The highest BCUT2D eigenvalue weighted by molar-refractivity contribution is 5.24. The fourth-order valence-electron chi connectivity index (χ4n) is 1.88. The third kappa shape index (κ3) is 5.19. The van der Waals surface area contributed by atoms with Crippen molar-refractivity contribution < 1.29 is 19.3 Å². The lowest BCUT2D eigenvalue weighted by atomic mass is 9.92. The van der Waals surface area contributed by atoms with E-state index in [0.717, 1.165) is 5.56 Å². The summed E-state index contributed by atoms with van der Waals surface area (Å²) in [5.74, 6) is 0. The van der Waals surface area contributed by atoms with Crippen LogP contribution in [0.2, 0.25) is 0 Å². The molecule has 1 unspecified atom stereocenters. The van der Waals surface area contributed by atoms with E-state index in [1.165, 1.54) is 0 Å². The first-order valence-corrected chi connectivity index (χ1v) is 6.79. The Morgan fingerprint density at radius 2 is 1.70 bits per heavy atom. The average molecular weight is 283 g/mol. The number of likely N-dealkylation sites (N-methyl/N-ethyl adjacent to an activating group) is 1. The second-order valence-corrected chi connectivity index (χ2v) is 4.51. The zero-order valence-electron chi connectivity index (χ0n) is 12.3.